The second-order valence-electron chi connectivity index (χ2n) is 5.86. The van der Waals surface area contributed by atoms with Gasteiger partial charge < -0.3 is 14.4 Å². The second kappa shape index (κ2) is 7.06. The Balaban J connectivity index is 1.84. The largest absolute Gasteiger partial charge is 0.475 e. The van der Waals surface area contributed by atoms with Crippen LogP contribution >= 0.6 is 0 Å². The Morgan fingerprint density at radius 1 is 1.33 bits per heavy atom. The van der Waals surface area contributed by atoms with Crippen molar-refractivity contribution in [3.63, 3.8) is 0 Å². The molecule has 0 radical (unpaired) electrons. The number of rotatable bonds is 6. The molecular weight excluding hydrogens is 270 g/mol. The summed E-state index contributed by atoms with van der Waals surface area (Å²) in [5.74, 6) is -0.266. The van der Waals surface area contributed by atoms with Gasteiger partial charge in [0.2, 0.25) is 5.76 Å². The van der Waals surface area contributed by atoms with Gasteiger partial charge in [-0.05, 0) is 33.2 Å². The lowest BCUT2D eigenvalue weighted by atomic mass is 10.2. The van der Waals surface area contributed by atoms with Crippen LogP contribution in [0.3, 0.4) is 0 Å². The second-order valence-corrected chi connectivity index (χ2v) is 5.86. The number of carbonyl (C=O) groups is 1. The van der Waals surface area contributed by atoms with E-state index in [-0.39, 0.29) is 11.8 Å². The number of aromatic carboxylic acids is 1. The first kappa shape index (κ1) is 16.0. The zero-order chi connectivity index (χ0) is 15.4. The van der Waals surface area contributed by atoms with E-state index in [4.69, 9.17) is 9.52 Å². The first-order chi connectivity index (χ1) is 9.97. The molecule has 2 rings (SSSR count). The van der Waals surface area contributed by atoms with Crippen molar-refractivity contribution in [2.45, 2.75) is 13.0 Å². The number of likely N-dealkylation sites (N-methyl/N-ethyl adjacent to an activating group) is 1. The maximum absolute atomic E-state index is 10.9. The summed E-state index contributed by atoms with van der Waals surface area (Å²) >= 11 is 0. The van der Waals surface area contributed by atoms with E-state index < -0.39 is 5.97 Å². The highest BCUT2D eigenvalue weighted by atomic mass is 16.4. The first-order valence-electron chi connectivity index (χ1n) is 7.41. The smallest absolute Gasteiger partial charge is 0.371 e. The fraction of sp³-hybridized carbons (Fsp3) is 0.667. The molecule has 1 aliphatic rings. The van der Waals surface area contributed by atoms with Crippen molar-refractivity contribution in [3.05, 3.63) is 23.7 Å². The molecule has 118 valence electrons. The molecule has 0 aliphatic carbocycles. The summed E-state index contributed by atoms with van der Waals surface area (Å²) in [6, 6.07) is 3.42. The van der Waals surface area contributed by atoms with Gasteiger partial charge in [-0.2, -0.15) is 0 Å². The van der Waals surface area contributed by atoms with E-state index >= 15 is 0 Å². The topological polar surface area (TPSA) is 60.2 Å². The number of hydrogen-bond donors (Lipinski definition) is 1. The van der Waals surface area contributed by atoms with Gasteiger partial charge in [0.15, 0.2) is 0 Å². The Labute approximate surface area is 125 Å². The van der Waals surface area contributed by atoms with Crippen molar-refractivity contribution < 1.29 is 14.3 Å². The van der Waals surface area contributed by atoms with Gasteiger partial charge in [0.05, 0.1) is 6.04 Å². The third kappa shape index (κ3) is 4.30. The zero-order valence-electron chi connectivity index (χ0n) is 13.1. The van der Waals surface area contributed by atoms with Gasteiger partial charge in [-0.3, -0.25) is 9.80 Å². The van der Waals surface area contributed by atoms with Crippen LogP contribution in [-0.4, -0.2) is 79.1 Å². The number of furan rings is 1. The van der Waals surface area contributed by atoms with Crippen molar-refractivity contribution in [2.75, 3.05) is 53.4 Å². The van der Waals surface area contributed by atoms with Crippen molar-refractivity contribution in [3.8, 4) is 0 Å². The third-order valence-corrected chi connectivity index (χ3v) is 4.07. The average Bonchev–Trinajstić information content (AvgIpc) is 2.95. The Hall–Kier alpha value is -1.37. The number of carboxylic acid groups (broad SMARTS) is 1. The molecular formula is C15H25N3O3. The van der Waals surface area contributed by atoms with Crippen molar-refractivity contribution >= 4 is 5.97 Å². The van der Waals surface area contributed by atoms with Gasteiger partial charge >= 0.3 is 5.97 Å². The minimum Gasteiger partial charge on any atom is -0.475 e. The van der Waals surface area contributed by atoms with E-state index in [9.17, 15) is 4.79 Å². The molecule has 1 aliphatic heterocycles. The van der Waals surface area contributed by atoms with E-state index in [0.29, 0.717) is 0 Å². The summed E-state index contributed by atoms with van der Waals surface area (Å²) in [6.07, 6.45) is 0. The maximum Gasteiger partial charge on any atom is 0.371 e. The van der Waals surface area contributed by atoms with Gasteiger partial charge in [0.25, 0.3) is 0 Å². The highest BCUT2D eigenvalue weighted by Crippen LogP contribution is 2.23. The van der Waals surface area contributed by atoms with Crippen LogP contribution < -0.4 is 0 Å². The van der Waals surface area contributed by atoms with Crippen LogP contribution in [0.2, 0.25) is 0 Å². The molecule has 6 heteroatoms. The lowest BCUT2D eigenvalue weighted by Crippen LogP contribution is -2.48. The normalized spacial score (nSPS) is 19.0. The fourth-order valence-corrected chi connectivity index (χ4v) is 2.59. The van der Waals surface area contributed by atoms with Crippen LogP contribution in [0, 0.1) is 0 Å². The van der Waals surface area contributed by atoms with Crippen molar-refractivity contribution in [1.29, 1.82) is 0 Å². The summed E-state index contributed by atoms with van der Waals surface area (Å²) < 4.78 is 5.40. The molecule has 0 saturated carbocycles. The molecule has 0 spiro atoms. The molecule has 0 aromatic carbocycles. The molecule has 21 heavy (non-hydrogen) atoms. The zero-order valence-corrected chi connectivity index (χ0v) is 13.1. The number of hydrogen-bond acceptors (Lipinski definition) is 5. The lowest BCUT2D eigenvalue weighted by Gasteiger charge is -2.37. The van der Waals surface area contributed by atoms with Crippen LogP contribution in [0.25, 0.3) is 0 Å². The Bertz CT molecular complexity index is 464. The number of piperazine rings is 1. The SMILES string of the molecule is CC(c1ccc(C(=O)O)o1)N1CCN(CCN(C)C)CC1. The predicted octanol–water partition coefficient (Wildman–Crippen LogP) is 1.22. The van der Waals surface area contributed by atoms with E-state index in [2.05, 4.69) is 35.7 Å². The monoisotopic (exact) mass is 295 g/mol. The first-order valence-corrected chi connectivity index (χ1v) is 7.41. The molecule has 1 N–H and O–H groups in total. The van der Waals surface area contributed by atoms with E-state index in [1.165, 1.54) is 6.07 Å². The third-order valence-electron chi connectivity index (χ3n) is 4.07. The molecule has 2 heterocycles. The maximum atomic E-state index is 10.9. The molecule has 1 fully saturated rings. The molecule has 1 atom stereocenters. The number of carboxylic acids is 1. The molecule has 0 amide bonds. The molecule has 1 unspecified atom stereocenters. The van der Waals surface area contributed by atoms with Gasteiger partial charge in [0, 0.05) is 39.3 Å². The van der Waals surface area contributed by atoms with Crippen LogP contribution in [-0.2, 0) is 0 Å². The summed E-state index contributed by atoms with van der Waals surface area (Å²) in [4.78, 5) is 17.9. The average molecular weight is 295 g/mol. The van der Waals surface area contributed by atoms with E-state index in [0.717, 1.165) is 45.0 Å². The molecule has 1 saturated heterocycles. The highest BCUT2D eigenvalue weighted by molar-refractivity contribution is 5.84. The summed E-state index contributed by atoms with van der Waals surface area (Å²) in [5, 5.41) is 8.91. The predicted molar refractivity (Wildman–Crippen MR) is 80.6 cm³/mol. The van der Waals surface area contributed by atoms with Crippen molar-refractivity contribution in [2.24, 2.45) is 0 Å². The van der Waals surface area contributed by atoms with Crippen LogP contribution in [0.15, 0.2) is 16.5 Å². The highest BCUT2D eigenvalue weighted by Gasteiger charge is 2.24. The van der Waals surface area contributed by atoms with Crippen molar-refractivity contribution in [1.82, 2.24) is 14.7 Å². The minimum absolute atomic E-state index is 0.0152. The standard InChI is InChI=1S/C15H25N3O3/c1-12(13-4-5-14(21-13)15(19)20)18-10-8-17(9-11-18)7-6-16(2)3/h4-5,12H,6-11H2,1-3H3,(H,19,20). The Morgan fingerprint density at radius 2 is 2.00 bits per heavy atom. The van der Waals surface area contributed by atoms with Gasteiger partial charge in [0.1, 0.15) is 5.76 Å². The summed E-state index contributed by atoms with van der Waals surface area (Å²) in [5.41, 5.74) is 0. The van der Waals surface area contributed by atoms with Crippen LogP contribution in [0.4, 0.5) is 0 Å². The molecule has 6 nitrogen and oxygen atoms in total. The molecule has 1 aromatic rings. The lowest BCUT2D eigenvalue weighted by molar-refractivity contribution is 0.0645. The van der Waals surface area contributed by atoms with Gasteiger partial charge in [-0.1, -0.05) is 0 Å². The van der Waals surface area contributed by atoms with Gasteiger partial charge in [-0.15, -0.1) is 0 Å². The summed E-state index contributed by atoms with van der Waals surface area (Å²) in [6.45, 7) is 8.31. The Kier molecular flexibility index (Phi) is 5.39. The molecule has 0 bridgehead atoms. The summed E-state index contributed by atoms with van der Waals surface area (Å²) in [7, 11) is 4.19. The molecule has 1 aromatic heterocycles. The quantitative estimate of drug-likeness (QED) is 0.851. The van der Waals surface area contributed by atoms with Crippen LogP contribution in [0.1, 0.15) is 29.3 Å². The Morgan fingerprint density at radius 3 is 2.52 bits per heavy atom. The van der Waals surface area contributed by atoms with E-state index in [1.807, 2.05) is 0 Å². The van der Waals surface area contributed by atoms with Gasteiger partial charge in [-0.25, -0.2) is 4.79 Å². The number of nitrogens with zero attached hydrogens (tertiary/aromatic N) is 3. The van der Waals surface area contributed by atoms with E-state index in [1.54, 1.807) is 6.07 Å². The van der Waals surface area contributed by atoms with Crippen LogP contribution in [0.5, 0.6) is 0 Å². The fourth-order valence-electron chi connectivity index (χ4n) is 2.59. The minimum atomic E-state index is -1.01.